The standard InChI is InChI=1S/C24H31N3O2/c1-2-9-22(26-23(28)14-18-10-5-3-6-11-18)24(29)27-16-20(15-25)21(17-27)19-12-7-4-8-13-19/h3-8,10-13,20-22H,2,9,14-17,25H2,1H3,(H,26,28)/t20-,21+,22?/m1/s1. The number of benzene rings is 2. The molecule has 0 bridgehead atoms. The molecule has 0 aliphatic carbocycles. The zero-order chi connectivity index (χ0) is 20.6. The Morgan fingerprint density at radius 3 is 2.34 bits per heavy atom. The van der Waals surface area contributed by atoms with Crippen LogP contribution in [0.25, 0.3) is 0 Å². The van der Waals surface area contributed by atoms with Gasteiger partial charge >= 0.3 is 0 Å². The van der Waals surface area contributed by atoms with Crippen LogP contribution >= 0.6 is 0 Å². The maximum atomic E-state index is 13.2. The van der Waals surface area contributed by atoms with Gasteiger partial charge in [0.1, 0.15) is 6.04 Å². The molecule has 0 radical (unpaired) electrons. The molecule has 1 unspecified atom stereocenters. The van der Waals surface area contributed by atoms with Gasteiger partial charge in [-0.25, -0.2) is 0 Å². The average molecular weight is 394 g/mol. The van der Waals surface area contributed by atoms with Crippen molar-refractivity contribution in [2.45, 2.75) is 38.1 Å². The van der Waals surface area contributed by atoms with E-state index in [0.29, 0.717) is 26.1 Å². The van der Waals surface area contributed by atoms with Gasteiger partial charge in [-0.1, -0.05) is 74.0 Å². The minimum Gasteiger partial charge on any atom is -0.344 e. The minimum atomic E-state index is -0.482. The first kappa shape index (κ1) is 21.1. The molecule has 5 nitrogen and oxygen atoms in total. The van der Waals surface area contributed by atoms with E-state index in [2.05, 4.69) is 17.4 Å². The normalized spacial score (nSPS) is 19.7. The van der Waals surface area contributed by atoms with Gasteiger partial charge in [0.2, 0.25) is 11.8 Å². The maximum absolute atomic E-state index is 13.2. The Labute approximate surface area is 173 Å². The lowest BCUT2D eigenvalue weighted by Crippen LogP contribution is -2.48. The molecule has 2 aromatic rings. The molecule has 29 heavy (non-hydrogen) atoms. The molecule has 0 saturated carbocycles. The Morgan fingerprint density at radius 2 is 1.72 bits per heavy atom. The van der Waals surface area contributed by atoms with Crippen molar-refractivity contribution in [3.05, 3.63) is 71.8 Å². The number of hydrogen-bond donors (Lipinski definition) is 2. The van der Waals surface area contributed by atoms with Crippen molar-refractivity contribution in [1.29, 1.82) is 0 Å². The van der Waals surface area contributed by atoms with Gasteiger partial charge in [-0.3, -0.25) is 9.59 Å². The molecule has 0 aromatic heterocycles. The second kappa shape index (κ2) is 10.2. The zero-order valence-corrected chi connectivity index (χ0v) is 17.1. The van der Waals surface area contributed by atoms with Gasteiger partial charge in [0.15, 0.2) is 0 Å². The first-order chi connectivity index (χ1) is 14.1. The van der Waals surface area contributed by atoms with Gasteiger partial charge in [0.05, 0.1) is 6.42 Å². The summed E-state index contributed by atoms with van der Waals surface area (Å²) >= 11 is 0. The summed E-state index contributed by atoms with van der Waals surface area (Å²) in [5.41, 5.74) is 8.18. The quantitative estimate of drug-likeness (QED) is 0.724. The van der Waals surface area contributed by atoms with Crippen molar-refractivity contribution in [3.63, 3.8) is 0 Å². The van der Waals surface area contributed by atoms with Crippen molar-refractivity contribution < 1.29 is 9.59 Å². The highest BCUT2D eigenvalue weighted by Gasteiger charge is 2.37. The Morgan fingerprint density at radius 1 is 1.07 bits per heavy atom. The van der Waals surface area contributed by atoms with Crippen LogP contribution in [0.4, 0.5) is 0 Å². The number of nitrogens with one attached hydrogen (secondary N) is 1. The maximum Gasteiger partial charge on any atom is 0.245 e. The molecule has 3 atom stereocenters. The number of nitrogens with two attached hydrogens (primary N) is 1. The lowest BCUT2D eigenvalue weighted by atomic mass is 9.89. The Kier molecular flexibility index (Phi) is 7.42. The van der Waals surface area contributed by atoms with Crippen LogP contribution in [0.5, 0.6) is 0 Å². The van der Waals surface area contributed by atoms with Crippen LogP contribution in [0.3, 0.4) is 0 Å². The number of likely N-dealkylation sites (tertiary alicyclic amines) is 1. The highest BCUT2D eigenvalue weighted by atomic mass is 16.2. The molecule has 1 saturated heterocycles. The predicted molar refractivity (Wildman–Crippen MR) is 115 cm³/mol. The minimum absolute atomic E-state index is 0.00476. The molecule has 1 aliphatic heterocycles. The largest absolute Gasteiger partial charge is 0.344 e. The monoisotopic (exact) mass is 393 g/mol. The van der Waals surface area contributed by atoms with Gasteiger partial charge < -0.3 is 16.0 Å². The van der Waals surface area contributed by atoms with E-state index in [1.54, 1.807) is 0 Å². The summed E-state index contributed by atoms with van der Waals surface area (Å²) < 4.78 is 0. The van der Waals surface area contributed by atoms with Crippen LogP contribution in [0, 0.1) is 5.92 Å². The second-order valence-corrected chi connectivity index (χ2v) is 7.83. The zero-order valence-electron chi connectivity index (χ0n) is 17.1. The van der Waals surface area contributed by atoms with Gasteiger partial charge in [0.25, 0.3) is 0 Å². The number of nitrogens with zero attached hydrogens (tertiary/aromatic N) is 1. The summed E-state index contributed by atoms with van der Waals surface area (Å²) in [6.07, 6.45) is 1.75. The summed E-state index contributed by atoms with van der Waals surface area (Å²) in [4.78, 5) is 27.6. The van der Waals surface area contributed by atoms with Crippen molar-refractivity contribution in [3.8, 4) is 0 Å². The lowest BCUT2D eigenvalue weighted by Gasteiger charge is -2.24. The molecule has 154 valence electrons. The topological polar surface area (TPSA) is 75.4 Å². The van der Waals surface area contributed by atoms with Crippen LogP contribution in [-0.4, -0.2) is 42.4 Å². The molecular formula is C24H31N3O2. The third-order valence-electron chi connectivity index (χ3n) is 5.70. The summed E-state index contributed by atoms with van der Waals surface area (Å²) in [7, 11) is 0. The van der Waals surface area contributed by atoms with Gasteiger partial charge in [-0.05, 0) is 30.0 Å². The Bertz CT molecular complexity index is 794. The molecule has 1 fully saturated rings. The van der Waals surface area contributed by atoms with Crippen molar-refractivity contribution >= 4 is 11.8 Å². The fourth-order valence-electron chi connectivity index (χ4n) is 4.16. The number of hydrogen-bond acceptors (Lipinski definition) is 3. The van der Waals surface area contributed by atoms with E-state index in [0.717, 1.165) is 12.0 Å². The van der Waals surface area contributed by atoms with Gasteiger partial charge in [-0.15, -0.1) is 0 Å². The third-order valence-corrected chi connectivity index (χ3v) is 5.70. The molecule has 3 rings (SSSR count). The highest BCUT2D eigenvalue weighted by Crippen LogP contribution is 2.32. The molecule has 1 heterocycles. The van der Waals surface area contributed by atoms with E-state index in [1.165, 1.54) is 5.56 Å². The number of carbonyl (C=O) groups excluding carboxylic acids is 2. The number of amides is 2. The number of carbonyl (C=O) groups is 2. The average Bonchev–Trinajstić information content (AvgIpc) is 3.19. The van der Waals surface area contributed by atoms with Crippen molar-refractivity contribution in [1.82, 2.24) is 10.2 Å². The van der Waals surface area contributed by atoms with Crippen LogP contribution < -0.4 is 11.1 Å². The summed E-state index contributed by atoms with van der Waals surface area (Å²) in [6, 6.07) is 19.4. The fraction of sp³-hybridized carbons (Fsp3) is 0.417. The smallest absolute Gasteiger partial charge is 0.245 e. The van der Waals surface area contributed by atoms with E-state index in [-0.39, 0.29) is 30.1 Å². The predicted octanol–water partition coefficient (Wildman–Crippen LogP) is 2.71. The van der Waals surface area contributed by atoms with Gasteiger partial charge in [-0.2, -0.15) is 0 Å². The second-order valence-electron chi connectivity index (χ2n) is 7.83. The molecule has 2 amide bonds. The molecule has 2 aromatic carbocycles. The van der Waals surface area contributed by atoms with E-state index in [4.69, 9.17) is 5.73 Å². The lowest BCUT2D eigenvalue weighted by molar-refractivity contribution is -0.135. The highest BCUT2D eigenvalue weighted by molar-refractivity contribution is 5.88. The van der Waals surface area contributed by atoms with Crippen LogP contribution in [0.15, 0.2) is 60.7 Å². The molecule has 5 heteroatoms. The molecule has 0 spiro atoms. The van der Waals surface area contributed by atoms with E-state index in [9.17, 15) is 9.59 Å². The summed E-state index contributed by atoms with van der Waals surface area (Å²) in [6.45, 7) is 3.87. The van der Waals surface area contributed by atoms with Crippen LogP contribution in [-0.2, 0) is 16.0 Å². The van der Waals surface area contributed by atoms with Crippen molar-refractivity contribution in [2.75, 3.05) is 19.6 Å². The summed E-state index contributed by atoms with van der Waals surface area (Å²) in [5.74, 6) is 0.374. The summed E-state index contributed by atoms with van der Waals surface area (Å²) in [5, 5.41) is 2.97. The molecule has 1 aliphatic rings. The molecular weight excluding hydrogens is 362 g/mol. The first-order valence-electron chi connectivity index (χ1n) is 10.5. The van der Waals surface area contributed by atoms with E-state index < -0.39 is 6.04 Å². The van der Waals surface area contributed by atoms with E-state index in [1.807, 2.05) is 60.4 Å². The van der Waals surface area contributed by atoms with Crippen LogP contribution in [0.2, 0.25) is 0 Å². The third kappa shape index (κ3) is 5.45. The fourth-order valence-corrected chi connectivity index (χ4v) is 4.16. The van der Waals surface area contributed by atoms with E-state index >= 15 is 0 Å². The van der Waals surface area contributed by atoms with Gasteiger partial charge in [0, 0.05) is 19.0 Å². The Hall–Kier alpha value is -2.66. The first-order valence-corrected chi connectivity index (χ1v) is 10.5. The van der Waals surface area contributed by atoms with Crippen LogP contribution in [0.1, 0.15) is 36.8 Å². The SMILES string of the molecule is CCCC(NC(=O)Cc1ccccc1)C(=O)N1C[C@@H](CN)[C@H](c2ccccc2)C1. The van der Waals surface area contributed by atoms with Crippen molar-refractivity contribution in [2.24, 2.45) is 11.7 Å². The number of rotatable bonds is 8. The Balaban J connectivity index is 1.66. The molecule has 3 N–H and O–H groups in total.